The second-order valence-corrected chi connectivity index (χ2v) is 6.31. The van der Waals surface area contributed by atoms with Gasteiger partial charge in [0.15, 0.2) is 6.17 Å². The summed E-state index contributed by atoms with van der Waals surface area (Å²) >= 11 is 0. The van der Waals surface area contributed by atoms with Gasteiger partial charge in [0.05, 0.1) is 11.4 Å². The molecule has 1 N–H and O–H groups in total. The Hall–Kier alpha value is -2.14. The minimum Gasteiger partial charge on any atom is -0.309 e. The molecule has 0 amide bonds. The predicted octanol–water partition coefficient (Wildman–Crippen LogP) is 2.84. The molecule has 0 radical (unpaired) electrons. The minimum atomic E-state index is 0.0485. The maximum absolute atomic E-state index is 4.68. The van der Waals surface area contributed by atoms with Gasteiger partial charge in [-0.15, -0.1) is 0 Å². The summed E-state index contributed by atoms with van der Waals surface area (Å²) in [6.45, 7) is 9.96. The lowest BCUT2D eigenvalue weighted by atomic mass is 10.2. The number of nitrogens with one attached hydrogen (secondary N) is 1. The third-order valence-electron chi connectivity index (χ3n) is 4.18. The molecular formula is C18H25N5. The van der Waals surface area contributed by atoms with E-state index in [9.17, 15) is 0 Å². The molecule has 0 fully saturated rings. The van der Waals surface area contributed by atoms with Crippen LogP contribution in [0.2, 0.25) is 0 Å². The van der Waals surface area contributed by atoms with E-state index in [1.165, 1.54) is 5.57 Å². The molecule has 1 aliphatic rings. The molecule has 2 heterocycles. The number of aromatic nitrogens is 4. The lowest BCUT2D eigenvalue weighted by Gasteiger charge is -2.22. The van der Waals surface area contributed by atoms with Crippen LogP contribution in [0.5, 0.6) is 0 Å². The molecule has 122 valence electrons. The number of rotatable bonds is 6. The van der Waals surface area contributed by atoms with Crippen LogP contribution >= 0.6 is 0 Å². The van der Waals surface area contributed by atoms with Crippen molar-refractivity contribution in [2.45, 2.75) is 40.3 Å². The van der Waals surface area contributed by atoms with Gasteiger partial charge in [-0.2, -0.15) is 10.2 Å². The molecule has 0 spiro atoms. The van der Waals surface area contributed by atoms with Crippen molar-refractivity contribution in [2.75, 3.05) is 13.1 Å². The van der Waals surface area contributed by atoms with E-state index >= 15 is 0 Å². The molecule has 2 aromatic rings. The maximum Gasteiger partial charge on any atom is 0.156 e. The van der Waals surface area contributed by atoms with Crippen LogP contribution in [0.15, 0.2) is 35.9 Å². The first kappa shape index (κ1) is 15.7. The van der Waals surface area contributed by atoms with Crippen molar-refractivity contribution in [3.8, 4) is 0 Å². The van der Waals surface area contributed by atoms with E-state index in [0.29, 0.717) is 0 Å². The summed E-state index contributed by atoms with van der Waals surface area (Å²) in [4.78, 5) is 0. The second kappa shape index (κ2) is 6.54. The predicted molar refractivity (Wildman–Crippen MR) is 92.5 cm³/mol. The molecule has 5 heteroatoms. The van der Waals surface area contributed by atoms with Crippen LogP contribution in [-0.4, -0.2) is 32.7 Å². The van der Waals surface area contributed by atoms with E-state index in [-0.39, 0.29) is 6.17 Å². The van der Waals surface area contributed by atoms with Gasteiger partial charge in [-0.3, -0.25) is 0 Å². The average Bonchev–Trinajstić information content (AvgIpc) is 3.18. The zero-order valence-corrected chi connectivity index (χ0v) is 14.4. The van der Waals surface area contributed by atoms with Gasteiger partial charge in [0.2, 0.25) is 0 Å². The SMILES string of the molecule is Cc1cc(C)n(C(CNCC2=CC=CC2)n2nc(C)cc2C)n1. The Morgan fingerprint density at radius 3 is 2.09 bits per heavy atom. The molecule has 0 atom stereocenters. The maximum atomic E-state index is 4.68. The fourth-order valence-corrected chi connectivity index (χ4v) is 3.16. The minimum absolute atomic E-state index is 0.0485. The second-order valence-electron chi connectivity index (χ2n) is 6.31. The first-order valence-electron chi connectivity index (χ1n) is 8.15. The zero-order chi connectivity index (χ0) is 16.4. The smallest absolute Gasteiger partial charge is 0.156 e. The summed E-state index contributed by atoms with van der Waals surface area (Å²) in [6, 6.07) is 4.23. The van der Waals surface area contributed by atoms with Crippen LogP contribution in [0, 0.1) is 27.7 Å². The van der Waals surface area contributed by atoms with Gasteiger partial charge >= 0.3 is 0 Å². The Balaban J connectivity index is 1.81. The number of hydrogen-bond acceptors (Lipinski definition) is 3. The highest BCUT2D eigenvalue weighted by atomic mass is 15.5. The Morgan fingerprint density at radius 1 is 1.04 bits per heavy atom. The largest absolute Gasteiger partial charge is 0.309 e. The van der Waals surface area contributed by atoms with Crippen molar-refractivity contribution in [2.24, 2.45) is 0 Å². The third kappa shape index (κ3) is 3.45. The molecule has 0 unspecified atom stereocenters. The van der Waals surface area contributed by atoms with Crippen LogP contribution < -0.4 is 5.32 Å². The first-order valence-corrected chi connectivity index (χ1v) is 8.15. The van der Waals surface area contributed by atoms with Crippen LogP contribution in [0.4, 0.5) is 0 Å². The molecule has 0 bridgehead atoms. The van der Waals surface area contributed by atoms with Gasteiger partial charge in [0.25, 0.3) is 0 Å². The molecule has 0 saturated heterocycles. The van der Waals surface area contributed by atoms with Gasteiger partial charge in [-0.25, -0.2) is 9.36 Å². The normalized spacial score (nSPS) is 14.0. The summed E-state index contributed by atoms with van der Waals surface area (Å²) < 4.78 is 4.14. The quantitative estimate of drug-likeness (QED) is 0.892. The number of hydrogen-bond donors (Lipinski definition) is 1. The first-order chi connectivity index (χ1) is 11.0. The van der Waals surface area contributed by atoms with Crippen molar-refractivity contribution < 1.29 is 0 Å². The highest BCUT2D eigenvalue weighted by Crippen LogP contribution is 2.16. The van der Waals surface area contributed by atoms with Crippen LogP contribution in [-0.2, 0) is 0 Å². The Labute approximate surface area is 137 Å². The van der Waals surface area contributed by atoms with Crippen molar-refractivity contribution >= 4 is 0 Å². The monoisotopic (exact) mass is 311 g/mol. The van der Waals surface area contributed by atoms with Gasteiger partial charge < -0.3 is 5.32 Å². The van der Waals surface area contributed by atoms with Gasteiger partial charge in [-0.05, 0) is 46.2 Å². The topological polar surface area (TPSA) is 47.7 Å². The number of allylic oxidation sites excluding steroid dienone is 3. The Bertz CT molecular complexity index is 701. The fourth-order valence-electron chi connectivity index (χ4n) is 3.16. The molecule has 23 heavy (non-hydrogen) atoms. The highest BCUT2D eigenvalue weighted by Gasteiger charge is 2.19. The highest BCUT2D eigenvalue weighted by molar-refractivity contribution is 5.23. The van der Waals surface area contributed by atoms with E-state index in [2.05, 4.69) is 69.1 Å². The van der Waals surface area contributed by atoms with E-state index < -0.39 is 0 Å². The van der Waals surface area contributed by atoms with Crippen molar-refractivity contribution in [3.63, 3.8) is 0 Å². The van der Waals surface area contributed by atoms with Crippen LogP contribution in [0.1, 0.15) is 35.4 Å². The van der Waals surface area contributed by atoms with Crippen LogP contribution in [0.3, 0.4) is 0 Å². The Kier molecular flexibility index (Phi) is 4.48. The van der Waals surface area contributed by atoms with Crippen molar-refractivity contribution in [1.29, 1.82) is 0 Å². The third-order valence-corrected chi connectivity index (χ3v) is 4.18. The summed E-state index contributed by atoms with van der Waals surface area (Å²) in [6.07, 6.45) is 7.60. The fraction of sp³-hybridized carbons (Fsp3) is 0.444. The molecular weight excluding hydrogens is 286 g/mol. The standard InChI is InChI=1S/C18H25N5/c1-13-9-15(3)22(20-13)18(23-16(4)10-14(2)21-23)12-19-11-17-7-5-6-8-17/h5-7,9-10,18-19H,8,11-12H2,1-4H3. The molecule has 3 rings (SSSR count). The molecule has 1 aliphatic carbocycles. The van der Waals surface area contributed by atoms with E-state index in [1.807, 2.05) is 13.8 Å². The van der Waals surface area contributed by atoms with E-state index in [4.69, 9.17) is 0 Å². The summed E-state index contributed by atoms with van der Waals surface area (Å²) in [5, 5.41) is 12.9. The van der Waals surface area contributed by atoms with Gasteiger partial charge in [-0.1, -0.05) is 23.8 Å². The lowest BCUT2D eigenvalue weighted by molar-refractivity contribution is 0.332. The number of aryl methyl sites for hydroxylation is 4. The Morgan fingerprint density at radius 2 is 1.65 bits per heavy atom. The summed E-state index contributed by atoms with van der Waals surface area (Å²) in [7, 11) is 0. The molecule has 0 saturated carbocycles. The molecule has 5 nitrogen and oxygen atoms in total. The molecule has 0 aromatic carbocycles. The van der Waals surface area contributed by atoms with Crippen LogP contribution in [0.25, 0.3) is 0 Å². The molecule has 0 aliphatic heterocycles. The molecule has 2 aromatic heterocycles. The summed E-state index contributed by atoms with van der Waals surface area (Å²) in [5.74, 6) is 0. The van der Waals surface area contributed by atoms with E-state index in [0.717, 1.165) is 42.3 Å². The van der Waals surface area contributed by atoms with Gasteiger partial charge in [0.1, 0.15) is 0 Å². The number of nitrogens with zero attached hydrogens (tertiary/aromatic N) is 4. The van der Waals surface area contributed by atoms with Crippen molar-refractivity contribution in [1.82, 2.24) is 24.9 Å². The summed E-state index contributed by atoms with van der Waals surface area (Å²) in [5.41, 5.74) is 5.81. The van der Waals surface area contributed by atoms with Crippen molar-refractivity contribution in [3.05, 3.63) is 58.7 Å². The average molecular weight is 311 g/mol. The van der Waals surface area contributed by atoms with Gasteiger partial charge in [0, 0.05) is 24.5 Å². The zero-order valence-electron chi connectivity index (χ0n) is 14.4. The van der Waals surface area contributed by atoms with E-state index in [1.54, 1.807) is 0 Å². The lowest BCUT2D eigenvalue weighted by Crippen LogP contribution is -2.33.